The van der Waals surface area contributed by atoms with Crippen molar-refractivity contribution in [2.24, 2.45) is 0 Å². The summed E-state index contributed by atoms with van der Waals surface area (Å²) in [5.41, 5.74) is 2.12. The molecule has 0 amide bonds. The fraction of sp³-hybridized carbons (Fsp3) is 0.231. The van der Waals surface area contributed by atoms with Crippen LogP contribution in [-0.2, 0) is 6.42 Å². The Bertz CT molecular complexity index is 605. The van der Waals surface area contributed by atoms with Gasteiger partial charge < -0.3 is 5.11 Å². The van der Waals surface area contributed by atoms with Gasteiger partial charge in [0.25, 0.3) is 0 Å². The van der Waals surface area contributed by atoms with Crippen LogP contribution in [0, 0.1) is 6.92 Å². The van der Waals surface area contributed by atoms with Gasteiger partial charge in [0.15, 0.2) is 0 Å². The number of carboxylic acid groups (broad SMARTS) is 1. The first-order chi connectivity index (χ1) is 8.56. The lowest BCUT2D eigenvalue weighted by molar-refractivity contribution is 0.0695. The summed E-state index contributed by atoms with van der Waals surface area (Å²) in [7, 11) is 0. The molecule has 0 unspecified atom stereocenters. The van der Waals surface area contributed by atoms with Crippen molar-refractivity contribution in [2.75, 3.05) is 0 Å². The summed E-state index contributed by atoms with van der Waals surface area (Å²) in [6.07, 6.45) is 0.577. The monoisotopic (exact) mass is 264 g/mol. The second-order valence-electron chi connectivity index (χ2n) is 3.93. The van der Waals surface area contributed by atoms with Gasteiger partial charge in [-0.15, -0.1) is 0 Å². The molecule has 5 heteroatoms. The first kappa shape index (κ1) is 12.6. The molecule has 0 aliphatic carbocycles. The minimum Gasteiger partial charge on any atom is -0.478 e. The highest BCUT2D eigenvalue weighted by molar-refractivity contribution is 6.32. The zero-order chi connectivity index (χ0) is 13.3. The number of aromatic nitrogens is 2. The molecule has 1 N–H and O–H groups in total. The first-order valence-corrected chi connectivity index (χ1v) is 6.00. The lowest BCUT2D eigenvalue weighted by atomic mass is 10.1. The van der Waals surface area contributed by atoms with Crippen molar-refractivity contribution in [1.82, 2.24) is 9.78 Å². The highest BCUT2D eigenvalue weighted by Gasteiger charge is 2.21. The Hall–Kier alpha value is -1.81. The summed E-state index contributed by atoms with van der Waals surface area (Å²) in [5, 5.41) is 14.1. The molecule has 18 heavy (non-hydrogen) atoms. The molecule has 0 radical (unpaired) electrons. The van der Waals surface area contributed by atoms with Gasteiger partial charge in [0.1, 0.15) is 5.56 Å². The van der Waals surface area contributed by atoms with Crippen LogP contribution in [0.2, 0.25) is 5.02 Å². The van der Waals surface area contributed by atoms with E-state index in [1.807, 2.05) is 25.1 Å². The second kappa shape index (κ2) is 4.82. The third kappa shape index (κ3) is 1.99. The zero-order valence-corrected chi connectivity index (χ0v) is 10.9. The van der Waals surface area contributed by atoms with E-state index >= 15 is 0 Å². The standard InChI is InChI=1S/C13H13ClN2O2/c1-3-10-12(13(17)18)8(2)15-16(10)11-7-5-4-6-9(11)14/h4-7H,3H2,1-2H3,(H,17,18). The third-order valence-corrected chi connectivity index (χ3v) is 3.11. The summed E-state index contributed by atoms with van der Waals surface area (Å²) < 4.78 is 1.61. The number of rotatable bonds is 3. The lowest BCUT2D eigenvalue weighted by Crippen LogP contribution is -2.06. The van der Waals surface area contributed by atoms with Gasteiger partial charge in [-0.25, -0.2) is 9.48 Å². The van der Waals surface area contributed by atoms with Gasteiger partial charge in [-0.3, -0.25) is 0 Å². The Kier molecular flexibility index (Phi) is 3.39. The minimum atomic E-state index is -0.956. The van der Waals surface area contributed by atoms with Crippen LogP contribution >= 0.6 is 11.6 Å². The molecule has 1 aromatic heterocycles. The predicted octanol–water partition coefficient (Wildman–Crippen LogP) is 3.09. The summed E-state index contributed by atoms with van der Waals surface area (Å²) in [6.45, 7) is 3.59. The molecule has 0 saturated carbocycles. The van der Waals surface area contributed by atoms with Crippen molar-refractivity contribution in [2.45, 2.75) is 20.3 Å². The van der Waals surface area contributed by atoms with Crippen LogP contribution in [0.1, 0.15) is 28.7 Å². The molecule has 0 aliphatic heterocycles. The van der Waals surface area contributed by atoms with E-state index in [1.54, 1.807) is 17.7 Å². The van der Waals surface area contributed by atoms with E-state index in [-0.39, 0.29) is 5.56 Å². The molecule has 0 saturated heterocycles. The van der Waals surface area contributed by atoms with Crippen LogP contribution in [0.5, 0.6) is 0 Å². The number of carboxylic acids is 1. The van der Waals surface area contributed by atoms with Crippen molar-refractivity contribution >= 4 is 17.6 Å². The minimum absolute atomic E-state index is 0.261. The van der Waals surface area contributed by atoms with Crippen LogP contribution in [0.15, 0.2) is 24.3 Å². The molecule has 0 spiro atoms. The van der Waals surface area contributed by atoms with Crippen LogP contribution in [0.4, 0.5) is 0 Å². The molecule has 0 fully saturated rings. The van der Waals surface area contributed by atoms with E-state index in [2.05, 4.69) is 5.10 Å². The molecule has 94 valence electrons. The summed E-state index contributed by atoms with van der Waals surface area (Å²) in [6, 6.07) is 7.25. The van der Waals surface area contributed by atoms with Crippen molar-refractivity contribution in [3.05, 3.63) is 46.2 Å². The largest absolute Gasteiger partial charge is 0.478 e. The molecular weight excluding hydrogens is 252 g/mol. The van der Waals surface area contributed by atoms with Crippen molar-refractivity contribution in [1.29, 1.82) is 0 Å². The van der Waals surface area contributed by atoms with Crippen LogP contribution in [-0.4, -0.2) is 20.9 Å². The Balaban J connectivity index is 2.70. The number of halogens is 1. The van der Waals surface area contributed by atoms with Crippen LogP contribution < -0.4 is 0 Å². The molecule has 2 rings (SSSR count). The SMILES string of the molecule is CCc1c(C(=O)O)c(C)nn1-c1ccccc1Cl. The number of para-hydroxylation sites is 1. The van der Waals surface area contributed by atoms with Gasteiger partial charge in [0, 0.05) is 0 Å². The Morgan fingerprint density at radius 2 is 2.11 bits per heavy atom. The number of aromatic carboxylic acids is 1. The number of nitrogens with zero attached hydrogens (tertiary/aromatic N) is 2. The topological polar surface area (TPSA) is 55.1 Å². The van der Waals surface area contributed by atoms with Gasteiger partial charge in [0.05, 0.1) is 22.1 Å². The quantitative estimate of drug-likeness (QED) is 0.927. The van der Waals surface area contributed by atoms with Gasteiger partial charge in [-0.1, -0.05) is 30.7 Å². The number of hydrogen-bond acceptors (Lipinski definition) is 2. The normalized spacial score (nSPS) is 10.6. The van der Waals surface area contributed by atoms with Crippen molar-refractivity contribution < 1.29 is 9.90 Å². The molecule has 0 atom stereocenters. The van der Waals surface area contributed by atoms with Gasteiger partial charge in [-0.05, 0) is 25.5 Å². The average molecular weight is 265 g/mol. The van der Waals surface area contributed by atoms with Crippen LogP contribution in [0.3, 0.4) is 0 Å². The van der Waals surface area contributed by atoms with E-state index < -0.39 is 5.97 Å². The van der Waals surface area contributed by atoms with Crippen molar-refractivity contribution in [3.63, 3.8) is 0 Å². The van der Waals surface area contributed by atoms with E-state index in [0.29, 0.717) is 28.5 Å². The molecule has 2 aromatic rings. The molecule has 1 aromatic carbocycles. The molecule has 0 aliphatic rings. The van der Waals surface area contributed by atoms with E-state index in [9.17, 15) is 9.90 Å². The number of hydrogen-bond donors (Lipinski definition) is 1. The first-order valence-electron chi connectivity index (χ1n) is 5.63. The average Bonchev–Trinajstić information content (AvgIpc) is 2.66. The third-order valence-electron chi connectivity index (χ3n) is 2.79. The fourth-order valence-electron chi connectivity index (χ4n) is 2.00. The second-order valence-corrected chi connectivity index (χ2v) is 4.34. The fourth-order valence-corrected chi connectivity index (χ4v) is 2.22. The van der Waals surface area contributed by atoms with E-state index in [0.717, 1.165) is 0 Å². The Morgan fingerprint density at radius 3 is 2.67 bits per heavy atom. The Morgan fingerprint density at radius 1 is 1.44 bits per heavy atom. The van der Waals surface area contributed by atoms with E-state index in [4.69, 9.17) is 11.6 Å². The molecule has 1 heterocycles. The molecular formula is C13H13ClN2O2. The summed E-state index contributed by atoms with van der Waals surface area (Å²) >= 11 is 6.12. The maximum atomic E-state index is 11.2. The number of carbonyl (C=O) groups is 1. The molecule has 4 nitrogen and oxygen atoms in total. The zero-order valence-electron chi connectivity index (χ0n) is 10.1. The highest BCUT2D eigenvalue weighted by Crippen LogP contribution is 2.24. The van der Waals surface area contributed by atoms with Gasteiger partial charge in [-0.2, -0.15) is 5.10 Å². The van der Waals surface area contributed by atoms with Gasteiger partial charge in [0.2, 0.25) is 0 Å². The summed E-state index contributed by atoms with van der Waals surface area (Å²) in [5.74, 6) is -0.956. The Labute approximate surface area is 110 Å². The predicted molar refractivity (Wildman–Crippen MR) is 69.6 cm³/mol. The number of aryl methyl sites for hydroxylation is 1. The molecule has 0 bridgehead atoms. The maximum Gasteiger partial charge on any atom is 0.339 e. The van der Waals surface area contributed by atoms with Gasteiger partial charge >= 0.3 is 5.97 Å². The highest BCUT2D eigenvalue weighted by atomic mass is 35.5. The number of benzene rings is 1. The lowest BCUT2D eigenvalue weighted by Gasteiger charge is -2.08. The maximum absolute atomic E-state index is 11.2. The van der Waals surface area contributed by atoms with Crippen LogP contribution in [0.25, 0.3) is 5.69 Å². The smallest absolute Gasteiger partial charge is 0.339 e. The van der Waals surface area contributed by atoms with E-state index in [1.165, 1.54) is 0 Å². The van der Waals surface area contributed by atoms with Crippen molar-refractivity contribution in [3.8, 4) is 5.69 Å². The summed E-state index contributed by atoms with van der Waals surface area (Å²) in [4.78, 5) is 11.2.